The summed E-state index contributed by atoms with van der Waals surface area (Å²) in [6, 6.07) is 10.5. The van der Waals surface area contributed by atoms with Crippen molar-refractivity contribution in [3.8, 4) is 5.75 Å². The van der Waals surface area contributed by atoms with E-state index in [1.807, 2.05) is 28.6 Å². The third kappa shape index (κ3) is 4.79. The van der Waals surface area contributed by atoms with Gasteiger partial charge in [0.15, 0.2) is 17.5 Å². The molecular weight excluding hydrogens is 357 g/mol. The standard InChI is InChI=1S/C21H26FN5O/c1-16-7-6-12-27-15-17(25-20(16)27)10-11-24-21(23-2)26(3)13-14-28-19-9-5-4-8-18(19)22/h4-9,12,15H,10-11,13-14H2,1-3H3,(H,23,24). The number of pyridine rings is 1. The van der Waals surface area contributed by atoms with Crippen LogP contribution in [-0.2, 0) is 6.42 Å². The van der Waals surface area contributed by atoms with Gasteiger partial charge in [-0.25, -0.2) is 9.37 Å². The summed E-state index contributed by atoms with van der Waals surface area (Å²) in [5.41, 5.74) is 3.18. The van der Waals surface area contributed by atoms with Crippen LogP contribution in [0.5, 0.6) is 5.75 Å². The van der Waals surface area contributed by atoms with Crippen molar-refractivity contribution in [2.45, 2.75) is 13.3 Å². The van der Waals surface area contributed by atoms with Crippen LogP contribution in [0.25, 0.3) is 5.65 Å². The van der Waals surface area contributed by atoms with E-state index in [1.165, 1.54) is 6.07 Å². The lowest BCUT2D eigenvalue weighted by molar-refractivity contribution is 0.270. The number of benzene rings is 1. The molecule has 3 rings (SSSR count). The van der Waals surface area contributed by atoms with Crippen molar-refractivity contribution >= 4 is 11.6 Å². The zero-order valence-corrected chi connectivity index (χ0v) is 16.5. The number of rotatable bonds is 7. The van der Waals surface area contributed by atoms with Crippen molar-refractivity contribution in [2.24, 2.45) is 4.99 Å². The Morgan fingerprint density at radius 2 is 2.11 bits per heavy atom. The summed E-state index contributed by atoms with van der Waals surface area (Å²) in [6.07, 6.45) is 4.85. The summed E-state index contributed by atoms with van der Waals surface area (Å²) in [5.74, 6) is 0.674. The molecule has 6 nitrogen and oxygen atoms in total. The first-order valence-electron chi connectivity index (χ1n) is 9.31. The van der Waals surface area contributed by atoms with Crippen LogP contribution in [0, 0.1) is 12.7 Å². The number of imidazole rings is 1. The van der Waals surface area contributed by atoms with Gasteiger partial charge in [-0.05, 0) is 30.7 Å². The number of para-hydroxylation sites is 1. The molecule has 0 amide bonds. The first-order valence-corrected chi connectivity index (χ1v) is 9.31. The number of nitrogens with zero attached hydrogens (tertiary/aromatic N) is 4. The molecule has 148 valence electrons. The lowest BCUT2D eigenvalue weighted by atomic mass is 10.3. The molecule has 0 aliphatic rings. The predicted molar refractivity (Wildman–Crippen MR) is 110 cm³/mol. The lowest BCUT2D eigenvalue weighted by Gasteiger charge is -2.22. The highest BCUT2D eigenvalue weighted by Gasteiger charge is 2.08. The fraction of sp³-hybridized carbons (Fsp3) is 0.333. The number of ether oxygens (including phenoxy) is 1. The van der Waals surface area contributed by atoms with Gasteiger partial charge in [0, 0.05) is 39.5 Å². The Morgan fingerprint density at radius 3 is 2.86 bits per heavy atom. The van der Waals surface area contributed by atoms with Crippen molar-refractivity contribution < 1.29 is 9.13 Å². The Hall–Kier alpha value is -3.09. The van der Waals surface area contributed by atoms with Crippen molar-refractivity contribution in [3.05, 3.63) is 65.9 Å². The van der Waals surface area contributed by atoms with E-state index in [1.54, 1.807) is 25.2 Å². The minimum Gasteiger partial charge on any atom is -0.489 e. The van der Waals surface area contributed by atoms with Crippen molar-refractivity contribution in [2.75, 3.05) is 33.8 Å². The molecule has 0 saturated carbocycles. The van der Waals surface area contributed by atoms with Crippen LogP contribution in [0.4, 0.5) is 4.39 Å². The highest BCUT2D eigenvalue weighted by molar-refractivity contribution is 5.79. The topological polar surface area (TPSA) is 54.2 Å². The number of nitrogens with one attached hydrogen (secondary N) is 1. The molecular formula is C21H26FN5O. The SMILES string of the molecule is CN=C(NCCc1cn2cccc(C)c2n1)N(C)CCOc1ccccc1F. The average Bonchev–Trinajstić information content (AvgIpc) is 3.11. The monoisotopic (exact) mass is 383 g/mol. The van der Waals surface area contributed by atoms with Crippen LogP contribution in [-0.4, -0.2) is 54.0 Å². The average molecular weight is 383 g/mol. The van der Waals surface area contributed by atoms with Gasteiger partial charge < -0.3 is 19.4 Å². The quantitative estimate of drug-likeness (QED) is 0.504. The maximum atomic E-state index is 13.6. The fourth-order valence-electron chi connectivity index (χ4n) is 2.97. The molecule has 0 saturated heterocycles. The number of hydrogen-bond acceptors (Lipinski definition) is 3. The Kier molecular flexibility index (Phi) is 6.47. The second-order valence-corrected chi connectivity index (χ2v) is 6.58. The van der Waals surface area contributed by atoms with Crippen LogP contribution in [0.2, 0.25) is 0 Å². The molecule has 3 aromatic rings. The molecule has 1 N–H and O–H groups in total. The molecule has 0 unspecified atom stereocenters. The Labute approximate surface area is 164 Å². The van der Waals surface area contributed by atoms with Crippen LogP contribution < -0.4 is 10.1 Å². The van der Waals surface area contributed by atoms with Gasteiger partial charge in [-0.15, -0.1) is 0 Å². The van der Waals surface area contributed by atoms with E-state index in [4.69, 9.17) is 4.74 Å². The van der Waals surface area contributed by atoms with Gasteiger partial charge in [0.05, 0.1) is 12.2 Å². The number of aromatic nitrogens is 2. The van der Waals surface area contributed by atoms with Gasteiger partial charge in [-0.3, -0.25) is 4.99 Å². The largest absolute Gasteiger partial charge is 0.489 e. The second kappa shape index (κ2) is 9.21. The summed E-state index contributed by atoms with van der Waals surface area (Å²) in [4.78, 5) is 10.9. The van der Waals surface area contributed by atoms with Gasteiger partial charge in [-0.2, -0.15) is 0 Å². The number of halogens is 1. The highest BCUT2D eigenvalue weighted by Crippen LogP contribution is 2.15. The fourth-order valence-corrected chi connectivity index (χ4v) is 2.97. The van der Waals surface area contributed by atoms with E-state index in [-0.39, 0.29) is 11.6 Å². The van der Waals surface area contributed by atoms with E-state index < -0.39 is 0 Å². The van der Waals surface area contributed by atoms with Crippen molar-refractivity contribution in [1.82, 2.24) is 19.6 Å². The van der Waals surface area contributed by atoms with E-state index in [0.717, 1.165) is 29.3 Å². The highest BCUT2D eigenvalue weighted by atomic mass is 19.1. The van der Waals surface area contributed by atoms with Gasteiger partial charge in [0.25, 0.3) is 0 Å². The molecule has 0 bridgehead atoms. The number of guanidine groups is 1. The van der Waals surface area contributed by atoms with E-state index in [2.05, 4.69) is 34.5 Å². The number of fused-ring (bicyclic) bond motifs is 1. The van der Waals surface area contributed by atoms with Gasteiger partial charge in [0.1, 0.15) is 12.3 Å². The van der Waals surface area contributed by atoms with Gasteiger partial charge in [-0.1, -0.05) is 18.2 Å². The number of hydrogen-bond donors (Lipinski definition) is 1. The smallest absolute Gasteiger partial charge is 0.193 e. The molecule has 7 heteroatoms. The van der Waals surface area contributed by atoms with E-state index >= 15 is 0 Å². The van der Waals surface area contributed by atoms with Crippen LogP contribution >= 0.6 is 0 Å². The first kappa shape index (κ1) is 19.7. The number of aryl methyl sites for hydroxylation is 1. The molecule has 1 aromatic carbocycles. The minimum atomic E-state index is -0.352. The van der Waals surface area contributed by atoms with E-state index in [0.29, 0.717) is 19.7 Å². The number of likely N-dealkylation sites (N-methyl/N-ethyl adjacent to an activating group) is 1. The molecule has 2 heterocycles. The second-order valence-electron chi connectivity index (χ2n) is 6.58. The normalized spacial score (nSPS) is 11.6. The summed E-state index contributed by atoms with van der Waals surface area (Å²) < 4.78 is 21.1. The summed E-state index contributed by atoms with van der Waals surface area (Å²) >= 11 is 0. The summed E-state index contributed by atoms with van der Waals surface area (Å²) in [6.45, 7) is 3.73. The zero-order valence-electron chi connectivity index (χ0n) is 16.5. The van der Waals surface area contributed by atoms with Crippen LogP contribution in [0.1, 0.15) is 11.3 Å². The molecule has 0 spiro atoms. The summed E-state index contributed by atoms with van der Waals surface area (Å²) in [5, 5.41) is 3.33. The molecule has 0 atom stereocenters. The maximum absolute atomic E-state index is 13.6. The van der Waals surface area contributed by atoms with Crippen molar-refractivity contribution in [1.29, 1.82) is 0 Å². The maximum Gasteiger partial charge on any atom is 0.193 e. The molecule has 0 radical (unpaired) electrons. The molecule has 0 fully saturated rings. The Bertz CT molecular complexity index is 953. The Morgan fingerprint density at radius 1 is 1.29 bits per heavy atom. The van der Waals surface area contributed by atoms with E-state index in [9.17, 15) is 4.39 Å². The third-order valence-electron chi connectivity index (χ3n) is 4.49. The van der Waals surface area contributed by atoms with Gasteiger partial charge in [0.2, 0.25) is 0 Å². The van der Waals surface area contributed by atoms with Crippen molar-refractivity contribution in [3.63, 3.8) is 0 Å². The molecule has 0 aliphatic heterocycles. The molecule has 0 aliphatic carbocycles. The first-order chi connectivity index (χ1) is 13.6. The number of aliphatic imine (C=N–C) groups is 1. The molecule has 2 aromatic heterocycles. The van der Waals surface area contributed by atoms with Gasteiger partial charge >= 0.3 is 0 Å². The zero-order chi connectivity index (χ0) is 19.9. The third-order valence-corrected chi connectivity index (χ3v) is 4.49. The molecule has 28 heavy (non-hydrogen) atoms. The minimum absolute atomic E-state index is 0.265. The summed E-state index contributed by atoms with van der Waals surface area (Å²) in [7, 11) is 3.67. The van der Waals surface area contributed by atoms with Crippen LogP contribution in [0.15, 0.2) is 53.8 Å². The van der Waals surface area contributed by atoms with Crippen LogP contribution in [0.3, 0.4) is 0 Å². The Balaban J connectivity index is 1.46. The lowest BCUT2D eigenvalue weighted by Crippen LogP contribution is -2.41. The predicted octanol–water partition coefficient (Wildman–Crippen LogP) is 2.91.